The third-order valence-electron chi connectivity index (χ3n) is 5.34. The number of amides is 1. The molecule has 0 aliphatic rings. The van der Waals surface area contributed by atoms with Crippen molar-refractivity contribution in [2.45, 2.75) is 18.7 Å². The van der Waals surface area contributed by atoms with Crippen molar-refractivity contribution in [1.82, 2.24) is 0 Å². The number of rotatable bonds is 7. The summed E-state index contributed by atoms with van der Waals surface area (Å²) in [5, 5.41) is 22.7. The second kappa shape index (κ2) is 10.6. The van der Waals surface area contributed by atoms with Gasteiger partial charge in [0, 0.05) is 17.1 Å². The molecule has 4 aromatic carbocycles. The molecule has 0 aromatic heterocycles. The number of halogens is 1. The highest BCUT2D eigenvalue weighted by Gasteiger charge is 2.21. The Morgan fingerprint density at radius 2 is 1.81 bits per heavy atom. The van der Waals surface area contributed by atoms with Gasteiger partial charge in [0.25, 0.3) is 16.0 Å². The Bertz CT molecular complexity index is 1650. The maximum absolute atomic E-state index is 13.1. The van der Waals surface area contributed by atoms with E-state index >= 15 is 0 Å². The van der Waals surface area contributed by atoms with E-state index in [1.807, 2.05) is 6.92 Å². The number of ether oxygens (including phenoxy) is 1. The Labute approximate surface area is 218 Å². The molecule has 1 amide bonds. The third-order valence-corrected chi connectivity index (χ3v) is 6.73. The lowest BCUT2D eigenvalue weighted by Crippen LogP contribution is -2.12. The molecule has 0 saturated carbocycles. The summed E-state index contributed by atoms with van der Waals surface area (Å²) in [7, 11) is -4.60. The minimum Gasteiger partial charge on any atom is -0.505 e. The van der Waals surface area contributed by atoms with Gasteiger partial charge in [0.05, 0.1) is 17.2 Å². The molecule has 0 aliphatic carbocycles. The highest BCUT2D eigenvalue weighted by Crippen LogP contribution is 2.41. The summed E-state index contributed by atoms with van der Waals surface area (Å²) in [6.07, 6.45) is 0. The average molecular weight is 540 g/mol. The van der Waals surface area contributed by atoms with Crippen LogP contribution in [-0.4, -0.2) is 30.6 Å². The van der Waals surface area contributed by atoms with Crippen LogP contribution in [0.5, 0.6) is 11.5 Å². The maximum Gasteiger partial charge on any atom is 0.296 e. The highest BCUT2D eigenvalue weighted by molar-refractivity contribution is 7.86. The lowest BCUT2D eigenvalue weighted by atomic mass is 10.0. The van der Waals surface area contributed by atoms with E-state index in [9.17, 15) is 22.9 Å². The van der Waals surface area contributed by atoms with E-state index in [1.165, 1.54) is 18.2 Å². The Morgan fingerprint density at radius 3 is 2.54 bits per heavy atom. The molecule has 4 rings (SSSR count). The summed E-state index contributed by atoms with van der Waals surface area (Å²) in [5.74, 6) is -0.438. The summed E-state index contributed by atoms with van der Waals surface area (Å²) in [5.41, 5.74) is 0.819. The fraction of sp³-hybridized carbons (Fsp3) is 0.115. The van der Waals surface area contributed by atoms with Gasteiger partial charge >= 0.3 is 0 Å². The van der Waals surface area contributed by atoms with Crippen molar-refractivity contribution in [2.75, 3.05) is 11.9 Å². The van der Waals surface area contributed by atoms with Gasteiger partial charge in [0.1, 0.15) is 22.0 Å². The molecule has 4 aromatic rings. The molecule has 0 bridgehead atoms. The molecule has 11 heteroatoms. The topological polar surface area (TPSA) is 138 Å². The number of phenols is 1. The van der Waals surface area contributed by atoms with Crippen molar-refractivity contribution in [2.24, 2.45) is 10.2 Å². The predicted octanol–water partition coefficient (Wildman–Crippen LogP) is 6.82. The van der Waals surface area contributed by atoms with E-state index in [4.69, 9.17) is 16.3 Å². The fourth-order valence-electron chi connectivity index (χ4n) is 3.70. The Balaban J connectivity index is 1.79. The number of nitrogens with zero attached hydrogens (tertiary/aromatic N) is 2. The van der Waals surface area contributed by atoms with Gasteiger partial charge in [-0.05, 0) is 55.1 Å². The number of carbonyl (C=O) groups excluding carboxylic acids is 1. The van der Waals surface area contributed by atoms with Crippen LogP contribution in [-0.2, 0) is 10.1 Å². The quantitative estimate of drug-likeness (QED) is 0.174. The van der Waals surface area contributed by atoms with Gasteiger partial charge in [-0.3, -0.25) is 9.35 Å². The van der Waals surface area contributed by atoms with Crippen LogP contribution in [0.1, 0.15) is 22.8 Å². The number of anilines is 1. The summed E-state index contributed by atoms with van der Waals surface area (Å²) in [6, 6.07) is 18.0. The molecular weight excluding hydrogens is 518 g/mol. The molecule has 37 heavy (non-hydrogen) atoms. The molecule has 0 saturated heterocycles. The van der Waals surface area contributed by atoms with Crippen LogP contribution in [0.15, 0.2) is 81.9 Å². The van der Waals surface area contributed by atoms with Gasteiger partial charge in [-0.15, -0.1) is 10.2 Å². The Hall–Kier alpha value is -3.99. The van der Waals surface area contributed by atoms with E-state index in [2.05, 4.69) is 15.5 Å². The van der Waals surface area contributed by atoms with Crippen LogP contribution < -0.4 is 10.1 Å². The monoisotopic (exact) mass is 539 g/mol. The molecule has 0 radical (unpaired) electrons. The van der Waals surface area contributed by atoms with Crippen molar-refractivity contribution in [3.63, 3.8) is 0 Å². The SMILES string of the molecule is CCOc1cccc(NC(=O)c2cc3ccccc3c(N=Nc3cc(C)cc(S(=O)(=O)O)c3Cl)c2O)c1. The van der Waals surface area contributed by atoms with E-state index < -0.39 is 26.7 Å². The number of hydrogen-bond donors (Lipinski definition) is 3. The molecular formula is C26H22ClN3O6S. The van der Waals surface area contributed by atoms with E-state index in [1.54, 1.807) is 55.5 Å². The first-order valence-corrected chi connectivity index (χ1v) is 12.9. The van der Waals surface area contributed by atoms with Gasteiger partial charge in [0.15, 0.2) is 5.75 Å². The average Bonchev–Trinajstić information content (AvgIpc) is 2.84. The number of benzene rings is 4. The molecule has 3 N–H and O–H groups in total. The molecule has 0 fully saturated rings. The van der Waals surface area contributed by atoms with Crippen molar-refractivity contribution < 1.29 is 27.6 Å². The normalized spacial score (nSPS) is 11.7. The smallest absolute Gasteiger partial charge is 0.296 e. The minimum atomic E-state index is -4.60. The Morgan fingerprint density at radius 1 is 1.05 bits per heavy atom. The van der Waals surface area contributed by atoms with Crippen LogP contribution >= 0.6 is 11.6 Å². The third kappa shape index (κ3) is 5.72. The standard InChI is InChI=1S/C26H22ClN3O6S/c1-3-36-18-9-6-8-17(14-18)28-26(32)20-13-16-7-4-5-10-19(16)24(25(20)31)30-29-21-11-15(2)12-22(23(21)27)37(33,34)35/h4-14,31H,3H2,1-2H3,(H,28,32)(H,33,34,35). The zero-order valence-corrected chi connectivity index (χ0v) is 21.3. The van der Waals surface area contributed by atoms with Crippen molar-refractivity contribution in [1.29, 1.82) is 0 Å². The first-order valence-electron chi connectivity index (χ1n) is 11.1. The van der Waals surface area contributed by atoms with Crippen molar-refractivity contribution in [3.05, 3.63) is 82.9 Å². The molecule has 0 aliphatic heterocycles. The molecule has 0 unspecified atom stereocenters. The minimum absolute atomic E-state index is 0.0164. The number of carbonyl (C=O) groups is 1. The summed E-state index contributed by atoms with van der Waals surface area (Å²) in [4.78, 5) is 12.6. The van der Waals surface area contributed by atoms with Crippen molar-refractivity contribution in [3.8, 4) is 11.5 Å². The lowest BCUT2D eigenvalue weighted by Gasteiger charge is -2.12. The molecule has 9 nitrogen and oxygen atoms in total. The van der Waals surface area contributed by atoms with Crippen LogP contribution in [0.4, 0.5) is 17.1 Å². The first kappa shape index (κ1) is 26.1. The van der Waals surface area contributed by atoms with Crippen LogP contribution in [0.25, 0.3) is 10.8 Å². The van der Waals surface area contributed by atoms with E-state index in [0.717, 1.165) is 0 Å². The number of phenolic OH excluding ortho intramolecular Hbond substituents is 1. The zero-order chi connectivity index (χ0) is 26.7. The predicted molar refractivity (Wildman–Crippen MR) is 141 cm³/mol. The number of hydrogen-bond acceptors (Lipinski definition) is 7. The molecule has 0 atom stereocenters. The number of aryl methyl sites for hydroxylation is 1. The largest absolute Gasteiger partial charge is 0.505 e. The second-order valence-corrected chi connectivity index (χ2v) is 9.80. The summed E-state index contributed by atoms with van der Waals surface area (Å²) in [6.45, 7) is 3.91. The van der Waals surface area contributed by atoms with Gasteiger partial charge in [-0.1, -0.05) is 41.9 Å². The number of fused-ring (bicyclic) bond motifs is 1. The van der Waals surface area contributed by atoms with Crippen LogP contribution in [0.2, 0.25) is 5.02 Å². The second-order valence-electron chi connectivity index (χ2n) is 8.03. The number of aromatic hydroxyl groups is 1. The zero-order valence-electron chi connectivity index (χ0n) is 19.8. The maximum atomic E-state index is 13.1. The van der Waals surface area contributed by atoms with Crippen molar-refractivity contribution >= 4 is 55.5 Å². The molecule has 0 heterocycles. The van der Waals surface area contributed by atoms with E-state index in [0.29, 0.717) is 34.4 Å². The Kier molecular flexibility index (Phi) is 7.44. The van der Waals surface area contributed by atoms with Gasteiger partial charge in [0.2, 0.25) is 0 Å². The van der Waals surface area contributed by atoms with E-state index in [-0.39, 0.29) is 22.0 Å². The number of azo groups is 1. The van der Waals surface area contributed by atoms with Crippen LogP contribution in [0.3, 0.4) is 0 Å². The van der Waals surface area contributed by atoms with Gasteiger partial charge in [-0.25, -0.2) is 0 Å². The van der Waals surface area contributed by atoms with Gasteiger partial charge < -0.3 is 15.2 Å². The fourth-order valence-corrected chi connectivity index (χ4v) is 4.81. The summed E-state index contributed by atoms with van der Waals surface area (Å²) < 4.78 is 38.3. The van der Waals surface area contributed by atoms with Crippen LogP contribution in [0, 0.1) is 6.92 Å². The lowest BCUT2D eigenvalue weighted by molar-refractivity contribution is 0.102. The summed E-state index contributed by atoms with van der Waals surface area (Å²) >= 11 is 6.17. The highest BCUT2D eigenvalue weighted by atomic mass is 35.5. The first-order chi connectivity index (χ1) is 17.6. The van der Waals surface area contributed by atoms with Gasteiger partial charge in [-0.2, -0.15) is 8.42 Å². The molecule has 0 spiro atoms. The molecule has 190 valence electrons. The number of nitrogens with one attached hydrogen (secondary N) is 1.